The lowest BCUT2D eigenvalue weighted by Crippen LogP contribution is -2.12. The van der Waals surface area contributed by atoms with Crippen LogP contribution in [0.15, 0.2) is 6.07 Å². The summed E-state index contributed by atoms with van der Waals surface area (Å²) in [5.74, 6) is -1.98. The molecule has 0 saturated heterocycles. The van der Waals surface area contributed by atoms with Crippen LogP contribution in [0.5, 0.6) is 11.5 Å². The summed E-state index contributed by atoms with van der Waals surface area (Å²) in [6.07, 6.45) is 0.689. The zero-order chi connectivity index (χ0) is 11.9. The maximum atomic E-state index is 13.8. The highest BCUT2D eigenvalue weighted by Crippen LogP contribution is 2.50. The van der Waals surface area contributed by atoms with Crippen LogP contribution >= 0.6 is 0 Å². The molecule has 1 N–H and O–H groups in total. The predicted octanol–water partition coefficient (Wildman–Crippen LogP) is 1.96. The molecule has 1 aromatic rings. The van der Waals surface area contributed by atoms with Crippen molar-refractivity contribution in [2.24, 2.45) is 0 Å². The highest BCUT2D eigenvalue weighted by Gasteiger charge is 2.48. The van der Waals surface area contributed by atoms with Gasteiger partial charge in [0, 0.05) is 6.07 Å². The van der Waals surface area contributed by atoms with Gasteiger partial charge < -0.3 is 14.6 Å². The van der Waals surface area contributed by atoms with Crippen LogP contribution in [-0.2, 0) is 5.60 Å². The van der Waals surface area contributed by atoms with Crippen molar-refractivity contribution in [1.82, 2.24) is 0 Å². The molecule has 0 spiro atoms. The molecule has 2 rings (SSSR count). The van der Waals surface area contributed by atoms with E-state index in [1.165, 1.54) is 14.2 Å². The monoisotopic (exact) mass is 230 g/mol. The number of aliphatic hydroxyl groups is 1. The number of halogens is 2. The molecule has 0 bridgehead atoms. The standard InChI is InChI=1S/C11H12F2O3/c1-15-6-5-7(16-2)10(13)8(9(6)12)11(14)3-4-11/h5,14H,3-4H2,1-2H3. The van der Waals surface area contributed by atoms with Gasteiger partial charge in [-0.3, -0.25) is 0 Å². The topological polar surface area (TPSA) is 38.7 Å². The van der Waals surface area contributed by atoms with Crippen molar-refractivity contribution < 1.29 is 23.4 Å². The molecule has 0 radical (unpaired) electrons. The average molecular weight is 230 g/mol. The number of methoxy groups -OCH3 is 2. The Bertz CT molecular complexity index is 399. The fraction of sp³-hybridized carbons (Fsp3) is 0.455. The molecule has 0 atom stereocenters. The second-order valence-corrected chi connectivity index (χ2v) is 3.82. The summed E-state index contributed by atoms with van der Waals surface area (Å²) >= 11 is 0. The summed E-state index contributed by atoms with van der Waals surface area (Å²) in [4.78, 5) is 0. The van der Waals surface area contributed by atoms with E-state index in [-0.39, 0.29) is 17.1 Å². The Morgan fingerprint density at radius 2 is 1.56 bits per heavy atom. The molecular weight excluding hydrogens is 218 g/mol. The van der Waals surface area contributed by atoms with Gasteiger partial charge in [0.15, 0.2) is 23.1 Å². The molecule has 0 heterocycles. The summed E-state index contributed by atoms with van der Waals surface area (Å²) in [5.41, 5.74) is -1.76. The van der Waals surface area contributed by atoms with E-state index in [4.69, 9.17) is 9.47 Å². The Kier molecular flexibility index (Phi) is 2.50. The summed E-state index contributed by atoms with van der Waals surface area (Å²) in [6, 6.07) is 1.12. The van der Waals surface area contributed by atoms with Gasteiger partial charge in [0.1, 0.15) is 0 Å². The summed E-state index contributed by atoms with van der Waals surface area (Å²) in [6.45, 7) is 0. The Labute approximate surface area is 91.6 Å². The van der Waals surface area contributed by atoms with Crippen molar-refractivity contribution in [3.8, 4) is 11.5 Å². The molecule has 88 valence electrons. The smallest absolute Gasteiger partial charge is 0.174 e. The van der Waals surface area contributed by atoms with Gasteiger partial charge in [-0.25, -0.2) is 8.78 Å². The molecule has 1 aliphatic rings. The third-order valence-corrected chi connectivity index (χ3v) is 2.76. The van der Waals surface area contributed by atoms with Gasteiger partial charge >= 0.3 is 0 Å². The van der Waals surface area contributed by atoms with E-state index in [2.05, 4.69) is 0 Å². The number of rotatable bonds is 3. The van der Waals surface area contributed by atoms with Crippen molar-refractivity contribution in [2.75, 3.05) is 14.2 Å². The molecule has 5 heteroatoms. The van der Waals surface area contributed by atoms with Gasteiger partial charge in [0.2, 0.25) is 0 Å². The fourth-order valence-electron chi connectivity index (χ4n) is 1.66. The maximum Gasteiger partial charge on any atom is 0.174 e. The van der Waals surface area contributed by atoms with Gasteiger partial charge in [0.25, 0.3) is 0 Å². The molecule has 0 aromatic heterocycles. The van der Waals surface area contributed by atoms with Crippen LogP contribution in [0, 0.1) is 11.6 Å². The normalized spacial score (nSPS) is 17.1. The molecule has 1 aromatic carbocycles. The SMILES string of the molecule is COc1cc(OC)c(F)c(C2(O)CC2)c1F. The molecule has 1 fully saturated rings. The van der Waals surface area contributed by atoms with Gasteiger partial charge in [-0.15, -0.1) is 0 Å². The molecular formula is C11H12F2O3. The molecule has 0 amide bonds. The Morgan fingerprint density at radius 3 is 1.88 bits per heavy atom. The van der Waals surface area contributed by atoms with E-state index in [0.717, 1.165) is 6.07 Å². The van der Waals surface area contributed by atoms with Crippen LogP contribution in [0.25, 0.3) is 0 Å². The molecule has 3 nitrogen and oxygen atoms in total. The summed E-state index contributed by atoms with van der Waals surface area (Å²) in [5, 5.41) is 9.81. The van der Waals surface area contributed by atoms with Crippen LogP contribution < -0.4 is 9.47 Å². The van der Waals surface area contributed by atoms with Crippen LogP contribution in [0.3, 0.4) is 0 Å². The predicted molar refractivity (Wildman–Crippen MR) is 52.6 cm³/mol. The zero-order valence-corrected chi connectivity index (χ0v) is 9.01. The lowest BCUT2D eigenvalue weighted by Gasteiger charge is -2.15. The van der Waals surface area contributed by atoms with E-state index < -0.39 is 17.2 Å². The van der Waals surface area contributed by atoms with E-state index in [9.17, 15) is 13.9 Å². The Morgan fingerprint density at radius 1 is 1.12 bits per heavy atom. The maximum absolute atomic E-state index is 13.8. The second kappa shape index (κ2) is 3.59. The first-order chi connectivity index (χ1) is 7.53. The molecule has 0 aliphatic heterocycles. The Balaban J connectivity index is 2.64. The first kappa shape index (κ1) is 11.1. The van der Waals surface area contributed by atoms with E-state index >= 15 is 0 Å². The minimum atomic E-state index is -1.41. The largest absolute Gasteiger partial charge is 0.494 e. The second-order valence-electron chi connectivity index (χ2n) is 3.82. The quantitative estimate of drug-likeness (QED) is 0.862. The highest BCUT2D eigenvalue weighted by molar-refractivity contribution is 5.45. The molecule has 0 unspecified atom stereocenters. The van der Waals surface area contributed by atoms with Gasteiger partial charge in [0.05, 0.1) is 25.4 Å². The minimum absolute atomic E-state index is 0.131. The van der Waals surface area contributed by atoms with Crippen LogP contribution in [0.2, 0.25) is 0 Å². The first-order valence-corrected chi connectivity index (χ1v) is 4.86. The van der Waals surface area contributed by atoms with E-state index in [1.54, 1.807) is 0 Å². The average Bonchev–Trinajstić information content (AvgIpc) is 2.98. The van der Waals surface area contributed by atoms with Gasteiger partial charge in [-0.05, 0) is 12.8 Å². The highest BCUT2D eigenvalue weighted by atomic mass is 19.1. The Hall–Kier alpha value is -1.36. The van der Waals surface area contributed by atoms with Crippen molar-refractivity contribution in [3.05, 3.63) is 23.3 Å². The first-order valence-electron chi connectivity index (χ1n) is 4.86. The number of benzene rings is 1. The van der Waals surface area contributed by atoms with Crippen LogP contribution in [0.4, 0.5) is 8.78 Å². The number of ether oxygens (including phenoxy) is 2. The zero-order valence-electron chi connectivity index (χ0n) is 9.01. The third kappa shape index (κ3) is 1.51. The number of hydrogen-bond donors (Lipinski definition) is 1. The summed E-state index contributed by atoms with van der Waals surface area (Å²) < 4.78 is 37.2. The third-order valence-electron chi connectivity index (χ3n) is 2.76. The van der Waals surface area contributed by atoms with Crippen molar-refractivity contribution >= 4 is 0 Å². The van der Waals surface area contributed by atoms with E-state index in [0.29, 0.717) is 12.8 Å². The molecule has 1 aliphatic carbocycles. The lowest BCUT2D eigenvalue weighted by molar-refractivity contribution is 0.139. The lowest BCUT2D eigenvalue weighted by atomic mass is 10.0. The van der Waals surface area contributed by atoms with Crippen molar-refractivity contribution in [2.45, 2.75) is 18.4 Å². The number of hydrogen-bond acceptors (Lipinski definition) is 3. The molecule has 1 saturated carbocycles. The van der Waals surface area contributed by atoms with Crippen molar-refractivity contribution in [1.29, 1.82) is 0 Å². The van der Waals surface area contributed by atoms with Gasteiger partial charge in [-0.2, -0.15) is 0 Å². The van der Waals surface area contributed by atoms with Crippen LogP contribution in [0.1, 0.15) is 18.4 Å². The summed E-state index contributed by atoms with van der Waals surface area (Å²) in [7, 11) is 2.55. The fourth-order valence-corrected chi connectivity index (χ4v) is 1.66. The van der Waals surface area contributed by atoms with Crippen molar-refractivity contribution in [3.63, 3.8) is 0 Å². The van der Waals surface area contributed by atoms with Crippen LogP contribution in [-0.4, -0.2) is 19.3 Å². The minimum Gasteiger partial charge on any atom is -0.494 e. The molecule has 16 heavy (non-hydrogen) atoms. The van der Waals surface area contributed by atoms with Gasteiger partial charge in [-0.1, -0.05) is 0 Å². The van der Waals surface area contributed by atoms with E-state index in [1.807, 2.05) is 0 Å².